The molecule has 8 heteroatoms. The van der Waals surface area contributed by atoms with Crippen molar-refractivity contribution in [2.75, 3.05) is 12.4 Å². The third-order valence-corrected chi connectivity index (χ3v) is 3.43. The zero-order chi connectivity index (χ0) is 17.0. The third kappa shape index (κ3) is 3.95. The second-order valence-electron chi connectivity index (χ2n) is 4.55. The van der Waals surface area contributed by atoms with Gasteiger partial charge in [-0.05, 0) is 24.3 Å². The Morgan fingerprint density at radius 2 is 2.09 bits per heavy atom. The predicted molar refractivity (Wildman–Crippen MR) is 83.2 cm³/mol. The molecule has 0 saturated heterocycles. The fourth-order valence-corrected chi connectivity index (χ4v) is 2.11. The van der Waals surface area contributed by atoms with Gasteiger partial charge in [-0.2, -0.15) is 0 Å². The van der Waals surface area contributed by atoms with Gasteiger partial charge in [0.1, 0.15) is 18.1 Å². The van der Waals surface area contributed by atoms with E-state index in [1.807, 2.05) is 0 Å². The molecule has 2 rings (SSSR count). The van der Waals surface area contributed by atoms with E-state index in [0.717, 1.165) is 12.1 Å². The lowest BCUT2D eigenvalue weighted by atomic mass is 10.1. The molecule has 0 radical (unpaired) electrons. The fraction of sp³-hybridized carbons (Fsp3) is 0.133. The number of hydrogen-bond donors (Lipinski definition) is 1. The summed E-state index contributed by atoms with van der Waals surface area (Å²) in [5.74, 6) is -1.24. The number of nitrogens with zero attached hydrogens (tertiary/aromatic N) is 1. The highest BCUT2D eigenvalue weighted by Gasteiger charge is 2.18. The van der Waals surface area contributed by atoms with Crippen molar-refractivity contribution in [2.45, 2.75) is 6.61 Å². The van der Waals surface area contributed by atoms with Crippen molar-refractivity contribution in [2.24, 2.45) is 0 Å². The lowest BCUT2D eigenvalue weighted by Crippen LogP contribution is -2.07. The number of ether oxygens (including phenoxy) is 1. The van der Waals surface area contributed by atoms with Crippen molar-refractivity contribution in [1.82, 2.24) is 0 Å². The van der Waals surface area contributed by atoms with E-state index in [2.05, 4.69) is 5.32 Å². The predicted octanol–water partition coefficient (Wildman–Crippen LogP) is 3.79. The summed E-state index contributed by atoms with van der Waals surface area (Å²) >= 11 is 5.84. The number of nitro groups is 1. The Hall–Kier alpha value is -2.67. The van der Waals surface area contributed by atoms with Crippen LogP contribution in [0.15, 0.2) is 36.4 Å². The number of nitrogens with one attached hydrogen (secondary N) is 1. The Morgan fingerprint density at radius 3 is 2.70 bits per heavy atom. The Bertz CT molecular complexity index is 767. The second kappa shape index (κ2) is 7.06. The first-order valence-corrected chi connectivity index (χ1v) is 6.87. The molecule has 2 aromatic rings. The summed E-state index contributed by atoms with van der Waals surface area (Å²) in [5, 5.41) is 13.8. The van der Waals surface area contributed by atoms with Crippen LogP contribution in [0.3, 0.4) is 0 Å². The molecule has 2 aromatic carbocycles. The van der Waals surface area contributed by atoms with E-state index in [1.165, 1.54) is 31.3 Å². The molecule has 0 fully saturated rings. The largest absolute Gasteiger partial charge is 0.457 e. The van der Waals surface area contributed by atoms with E-state index < -0.39 is 16.7 Å². The second-order valence-corrected chi connectivity index (χ2v) is 4.96. The number of halogens is 2. The van der Waals surface area contributed by atoms with Gasteiger partial charge in [-0.1, -0.05) is 17.7 Å². The first-order chi connectivity index (χ1) is 10.9. The molecule has 0 amide bonds. The van der Waals surface area contributed by atoms with Gasteiger partial charge in [-0.3, -0.25) is 10.1 Å². The molecule has 0 unspecified atom stereocenters. The summed E-state index contributed by atoms with van der Waals surface area (Å²) in [6, 6.07) is 7.66. The summed E-state index contributed by atoms with van der Waals surface area (Å²) in [6.45, 7) is -0.167. The zero-order valence-electron chi connectivity index (χ0n) is 12.0. The Morgan fingerprint density at radius 1 is 1.35 bits per heavy atom. The molecule has 0 atom stereocenters. The van der Waals surface area contributed by atoms with Gasteiger partial charge in [0.25, 0.3) is 5.69 Å². The number of rotatable bonds is 5. The first kappa shape index (κ1) is 16.7. The highest BCUT2D eigenvalue weighted by Crippen LogP contribution is 2.26. The van der Waals surface area contributed by atoms with Crippen LogP contribution in [0.25, 0.3) is 0 Å². The summed E-state index contributed by atoms with van der Waals surface area (Å²) < 4.78 is 18.0. The fourth-order valence-electron chi connectivity index (χ4n) is 1.89. The SMILES string of the molecule is CNc1ccc(C(=O)OCc2ccc(F)cc2Cl)cc1[N+](=O)[O-]. The quantitative estimate of drug-likeness (QED) is 0.509. The molecule has 6 nitrogen and oxygen atoms in total. The molecule has 0 spiro atoms. The lowest BCUT2D eigenvalue weighted by molar-refractivity contribution is -0.384. The van der Waals surface area contributed by atoms with Crippen LogP contribution in [0.1, 0.15) is 15.9 Å². The van der Waals surface area contributed by atoms with Gasteiger partial charge in [0.2, 0.25) is 0 Å². The van der Waals surface area contributed by atoms with E-state index in [-0.39, 0.29) is 28.6 Å². The highest BCUT2D eigenvalue weighted by atomic mass is 35.5. The normalized spacial score (nSPS) is 10.2. The number of anilines is 1. The van der Waals surface area contributed by atoms with Crippen LogP contribution in [0.5, 0.6) is 0 Å². The third-order valence-electron chi connectivity index (χ3n) is 3.07. The van der Waals surface area contributed by atoms with Gasteiger partial charge in [-0.15, -0.1) is 0 Å². The molecule has 0 aliphatic rings. The van der Waals surface area contributed by atoms with E-state index in [1.54, 1.807) is 0 Å². The molecule has 120 valence electrons. The van der Waals surface area contributed by atoms with Crippen LogP contribution in [0.2, 0.25) is 5.02 Å². The first-order valence-electron chi connectivity index (χ1n) is 6.49. The topological polar surface area (TPSA) is 81.5 Å². The number of carbonyl (C=O) groups excluding carboxylic acids is 1. The number of hydrogen-bond acceptors (Lipinski definition) is 5. The van der Waals surface area contributed by atoms with Crippen LogP contribution in [0, 0.1) is 15.9 Å². The van der Waals surface area contributed by atoms with Crippen molar-refractivity contribution in [3.05, 3.63) is 68.5 Å². The smallest absolute Gasteiger partial charge is 0.338 e. The van der Waals surface area contributed by atoms with E-state index in [4.69, 9.17) is 16.3 Å². The maximum atomic E-state index is 12.9. The monoisotopic (exact) mass is 338 g/mol. The molecular weight excluding hydrogens is 327 g/mol. The summed E-state index contributed by atoms with van der Waals surface area (Å²) in [6.07, 6.45) is 0. The summed E-state index contributed by atoms with van der Waals surface area (Å²) in [4.78, 5) is 22.4. The van der Waals surface area contributed by atoms with Crippen LogP contribution in [-0.2, 0) is 11.3 Å². The van der Waals surface area contributed by atoms with E-state index in [9.17, 15) is 19.3 Å². The minimum absolute atomic E-state index is 0.0361. The number of carbonyl (C=O) groups is 1. The molecule has 1 N–H and O–H groups in total. The van der Waals surface area contributed by atoms with Gasteiger partial charge in [0.05, 0.1) is 15.5 Å². The Kier molecular flexibility index (Phi) is 5.13. The van der Waals surface area contributed by atoms with Crippen LogP contribution in [0.4, 0.5) is 15.8 Å². The van der Waals surface area contributed by atoms with Crippen LogP contribution < -0.4 is 5.32 Å². The van der Waals surface area contributed by atoms with Crippen molar-refractivity contribution in [3.63, 3.8) is 0 Å². The maximum Gasteiger partial charge on any atom is 0.338 e. The van der Waals surface area contributed by atoms with E-state index in [0.29, 0.717) is 5.56 Å². The molecule has 0 aromatic heterocycles. The molecule has 23 heavy (non-hydrogen) atoms. The number of esters is 1. The standard InChI is InChI=1S/C15H12ClFN2O4/c1-18-13-5-3-9(6-14(13)19(21)22)15(20)23-8-10-2-4-11(17)7-12(10)16/h2-7,18H,8H2,1H3. The van der Waals surface area contributed by atoms with Crippen LogP contribution in [-0.4, -0.2) is 17.9 Å². The molecule has 0 heterocycles. The average Bonchev–Trinajstić information content (AvgIpc) is 2.53. The summed E-state index contributed by atoms with van der Waals surface area (Å²) in [5.41, 5.74) is 0.520. The van der Waals surface area contributed by atoms with Gasteiger partial charge in [0, 0.05) is 18.7 Å². The lowest BCUT2D eigenvalue weighted by Gasteiger charge is -2.08. The summed E-state index contributed by atoms with van der Waals surface area (Å²) in [7, 11) is 1.54. The minimum Gasteiger partial charge on any atom is -0.457 e. The highest BCUT2D eigenvalue weighted by molar-refractivity contribution is 6.31. The van der Waals surface area contributed by atoms with Crippen molar-refractivity contribution < 1.29 is 18.8 Å². The molecular formula is C15H12ClFN2O4. The van der Waals surface area contributed by atoms with Crippen molar-refractivity contribution >= 4 is 28.9 Å². The number of nitro benzene ring substituents is 1. The molecule has 0 bridgehead atoms. The minimum atomic E-state index is -0.740. The average molecular weight is 339 g/mol. The molecule has 0 aliphatic carbocycles. The van der Waals surface area contributed by atoms with E-state index >= 15 is 0 Å². The Labute approximate surface area is 136 Å². The van der Waals surface area contributed by atoms with Gasteiger partial charge in [0.15, 0.2) is 0 Å². The Balaban J connectivity index is 2.14. The van der Waals surface area contributed by atoms with Crippen molar-refractivity contribution in [1.29, 1.82) is 0 Å². The zero-order valence-corrected chi connectivity index (χ0v) is 12.8. The van der Waals surface area contributed by atoms with Gasteiger partial charge in [-0.25, -0.2) is 9.18 Å². The number of benzene rings is 2. The van der Waals surface area contributed by atoms with Gasteiger partial charge < -0.3 is 10.1 Å². The van der Waals surface area contributed by atoms with Crippen molar-refractivity contribution in [3.8, 4) is 0 Å². The molecule has 0 saturated carbocycles. The van der Waals surface area contributed by atoms with Crippen LogP contribution >= 0.6 is 11.6 Å². The maximum absolute atomic E-state index is 12.9. The molecule has 0 aliphatic heterocycles. The van der Waals surface area contributed by atoms with Gasteiger partial charge >= 0.3 is 5.97 Å².